The second kappa shape index (κ2) is 8.56. The van der Waals surface area contributed by atoms with E-state index in [-0.39, 0.29) is 23.9 Å². The van der Waals surface area contributed by atoms with E-state index in [1.54, 1.807) is 30.6 Å². The maximum absolute atomic E-state index is 13.5. The van der Waals surface area contributed by atoms with Crippen LogP contribution in [0.3, 0.4) is 0 Å². The molecule has 1 saturated heterocycles. The van der Waals surface area contributed by atoms with Gasteiger partial charge in [-0.3, -0.25) is 14.7 Å². The molecule has 28 heavy (non-hydrogen) atoms. The van der Waals surface area contributed by atoms with E-state index in [0.29, 0.717) is 36.8 Å². The van der Waals surface area contributed by atoms with E-state index in [1.807, 2.05) is 0 Å². The van der Waals surface area contributed by atoms with Crippen molar-refractivity contribution in [2.24, 2.45) is 0 Å². The molecule has 2 aromatic rings. The van der Waals surface area contributed by atoms with Gasteiger partial charge in [0.25, 0.3) is 5.91 Å². The Balaban J connectivity index is 1.34. The predicted molar refractivity (Wildman–Crippen MR) is 102 cm³/mol. The lowest BCUT2D eigenvalue weighted by Gasteiger charge is -2.38. The summed E-state index contributed by atoms with van der Waals surface area (Å²) in [6, 6.07) is 8.08. The lowest BCUT2D eigenvalue weighted by molar-refractivity contribution is 0.0339. The van der Waals surface area contributed by atoms with Gasteiger partial charge in [0.05, 0.1) is 5.56 Å². The molecule has 0 saturated carbocycles. The number of benzene rings is 1. The average molecular weight is 385 g/mol. The predicted octanol–water partition coefficient (Wildman–Crippen LogP) is 2.65. The van der Waals surface area contributed by atoms with Gasteiger partial charge in [-0.1, -0.05) is 6.42 Å². The molecule has 1 fully saturated rings. The summed E-state index contributed by atoms with van der Waals surface area (Å²) in [5, 5.41) is 3.02. The summed E-state index contributed by atoms with van der Waals surface area (Å²) in [6.45, 7) is 2.64. The highest BCUT2D eigenvalue weighted by Gasteiger charge is 2.29. The molecule has 1 aromatic heterocycles. The number of nitrogens with zero attached hydrogens (tertiary/aromatic N) is 2. The van der Waals surface area contributed by atoms with Crippen molar-refractivity contribution in [3.63, 3.8) is 0 Å². The zero-order valence-electron chi connectivity index (χ0n) is 15.6. The molecule has 2 aliphatic rings. The molecule has 1 N–H and O–H groups in total. The Morgan fingerprint density at radius 2 is 2.21 bits per heavy atom. The Kier molecular flexibility index (Phi) is 5.71. The van der Waals surface area contributed by atoms with Crippen LogP contribution in [0, 0.1) is 5.82 Å². The first-order valence-electron chi connectivity index (χ1n) is 9.70. The van der Waals surface area contributed by atoms with Gasteiger partial charge in [-0.2, -0.15) is 0 Å². The van der Waals surface area contributed by atoms with E-state index in [2.05, 4.69) is 15.2 Å². The summed E-state index contributed by atoms with van der Waals surface area (Å²) >= 11 is 0. The summed E-state index contributed by atoms with van der Waals surface area (Å²) in [5.74, 6) is 0.587. The quantitative estimate of drug-likeness (QED) is 0.857. The number of carbonyl (C=O) groups is 1. The number of hydrogen-bond acceptors (Lipinski definition) is 5. The van der Waals surface area contributed by atoms with Crippen molar-refractivity contribution in [2.75, 3.05) is 26.2 Å². The Bertz CT molecular complexity index is 818. The molecule has 3 heterocycles. The van der Waals surface area contributed by atoms with Crippen molar-refractivity contribution >= 4 is 5.91 Å². The minimum absolute atomic E-state index is 0.111. The number of amides is 1. The number of pyridine rings is 1. The highest BCUT2D eigenvalue weighted by Crippen LogP contribution is 2.32. The Hall–Kier alpha value is -2.67. The second-order valence-electron chi connectivity index (χ2n) is 7.24. The third-order valence-electron chi connectivity index (χ3n) is 5.23. The van der Waals surface area contributed by atoms with Crippen LogP contribution in [-0.2, 0) is 0 Å². The molecular formula is C21H24FN3O3. The molecule has 6 nitrogen and oxygen atoms in total. The number of ether oxygens (including phenoxy) is 2. The number of piperidine rings is 1. The van der Waals surface area contributed by atoms with Gasteiger partial charge in [0.2, 0.25) is 0 Å². The first-order chi connectivity index (χ1) is 13.7. The number of aromatic nitrogens is 1. The van der Waals surface area contributed by atoms with Crippen LogP contribution in [-0.4, -0.2) is 54.2 Å². The van der Waals surface area contributed by atoms with Crippen molar-refractivity contribution < 1.29 is 18.7 Å². The molecule has 0 radical (unpaired) electrons. The highest BCUT2D eigenvalue weighted by molar-refractivity contribution is 5.93. The maximum Gasteiger partial charge on any atom is 0.252 e. The van der Waals surface area contributed by atoms with Crippen LogP contribution < -0.4 is 14.8 Å². The van der Waals surface area contributed by atoms with Crippen LogP contribution >= 0.6 is 0 Å². The van der Waals surface area contributed by atoms with E-state index < -0.39 is 0 Å². The van der Waals surface area contributed by atoms with Gasteiger partial charge in [0, 0.05) is 37.6 Å². The molecule has 1 amide bonds. The number of carbonyl (C=O) groups excluding carboxylic acids is 1. The topological polar surface area (TPSA) is 63.7 Å². The Morgan fingerprint density at radius 3 is 3.07 bits per heavy atom. The van der Waals surface area contributed by atoms with Crippen LogP contribution in [0.4, 0.5) is 4.39 Å². The fourth-order valence-corrected chi connectivity index (χ4v) is 3.78. The lowest BCUT2D eigenvalue weighted by Crippen LogP contribution is -2.51. The van der Waals surface area contributed by atoms with E-state index >= 15 is 0 Å². The Morgan fingerprint density at radius 1 is 1.29 bits per heavy atom. The fourth-order valence-electron chi connectivity index (χ4n) is 3.78. The van der Waals surface area contributed by atoms with Gasteiger partial charge >= 0.3 is 0 Å². The zero-order valence-corrected chi connectivity index (χ0v) is 15.6. The smallest absolute Gasteiger partial charge is 0.252 e. The van der Waals surface area contributed by atoms with E-state index in [9.17, 15) is 9.18 Å². The number of halogens is 1. The van der Waals surface area contributed by atoms with Crippen molar-refractivity contribution in [3.8, 4) is 11.5 Å². The van der Waals surface area contributed by atoms with E-state index in [0.717, 1.165) is 25.8 Å². The summed E-state index contributed by atoms with van der Waals surface area (Å²) in [5.41, 5.74) is 0.563. The monoisotopic (exact) mass is 385 g/mol. The van der Waals surface area contributed by atoms with E-state index in [4.69, 9.17) is 9.47 Å². The van der Waals surface area contributed by atoms with Crippen molar-refractivity contribution in [1.82, 2.24) is 15.2 Å². The summed E-state index contributed by atoms with van der Waals surface area (Å²) in [4.78, 5) is 18.6. The number of rotatable bonds is 5. The largest absolute Gasteiger partial charge is 0.486 e. The molecule has 2 unspecified atom stereocenters. The molecule has 2 aliphatic heterocycles. The molecular weight excluding hydrogens is 361 g/mol. The molecule has 2 atom stereocenters. The average Bonchev–Trinajstić information content (AvgIpc) is 2.73. The van der Waals surface area contributed by atoms with Crippen LogP contribution in [0.25, 0.3) is 0 Å². The van der Waals surface area contributed by atoms with Crippen LogP contribution in [0.15, 0.2) is 42.7 Å². The first-order valence-corrected chi connectivity index (χ1v) is 9.70. The number of nitrogens with one attached hydrogen (secondary N) is 1. The minimum atomic E-state index is -0.336. The molecule has 148 valence electrons. The first kappa shape index (κ1) is 18.7. The normalized spacial score (nSPS) is 21.9. The maximum atomic E-state index is 13.5. The number of fused-ring (bicyclic) bond motifs is 1. The third kappa shape index (κ3) is 4.42. The van der Waals surface area contributed by atoms with Crippen molar-refractivity contribution in [2.45, 2.75) is 31.4 Å². The van der Waals surface area contributed by atoms with Gasteiger partial charge in [0.1, 0.15) is 18.5 Å². The highest BCUT2D eigenvalue weighted by atomic mass is 19.1. The van der Waals surface area contributed by atoms with Gasteiger partial charge in [-0.05, 0) is 43.7 Å². The van der Waals surface area contributed by atoms with Crippen LogP contribution in [0.1, 0.15) is 29.6 Å². The van der Waals surface area contributed by atoms with Crippen LogP contribution in [0.2, 0.25) is 0 Å². The van der Waals surface area contributed by atoms with Gasteiger partial charge in [-0.15, -0.1) is 0 Å². The van der Waals surface area contributed by atoms with Crippen molar-refractivity contribution in [3.05, 3.63) is 54.1 Å². The van der Waals surface area contributed by atoms with Gasteiger partial charge in [-0.25, -0.2) is 4.39 Å². The molecule has 0 bridgehead atoms. The number of hydrogen-bond donors (Lipinski definition) is 1. The van der Waals surface area contributed by atoms with Gasteiger partial charge in [0.15, 0.2) is 11.5 Å². The van der Waals surface area contributed by atoms with Gasteiger partial charge < -0.3 is 14.8 Å². The van der Waals surface area contributed by atoms with E-state index in [1.165, 1.54) is 12.1 Å². The lowest BCUT2D eigenvalue weighted by atomic mass is 10.0. The molecule has 0 spiro atoms. The summed E-state index contributed by atoms with van der Waals surface area (Å²) < 4.78 is 25.2. The second-order valence-corrected chi connectivity index (χ2v) is 7.24. The Labute approximate surface area is 163 Å². The molecule has 1 aromatic carbocycles. The molecule has 4 rings (SSSR count). The summed E-state index contributed by atoms with van der Waals surface area (Å²) in [6.07, 6.45) is 6.33. The van der Waals surface area contributed by atoms with Crippen LogP contribution in [0.5, 0.6) is 11.5 Å². The number of likely N-dealkylation sites (tertiary alicyclic amines) is 1. The third-order valence-corrected chi connectivity index (χ3v) is 5.23. The van der Waals surface area contributed by atoms with Crippen molar-refractivity contribution in [1.29, 1.82) is 0 Å². The minimum Gasteiger partial charge on any atom is -0.486 e. The SMILES string of the molecule is O=C(NCC1CCCCN1CC1COc2ccc(F)cc2O1)c1cccnc1. The molecule has 7 heteroatoms. The zero-order chi connectivity index (χ0) is 19.3. The standard InChI is InChI=1S/C21H24FN3O3/c22-16-6-7-19-20(10-16)28-18(14-27-19)13-25-9-2-1-5-17(25)12-24-21(26)15-4-3-8-23-11-15/h3-4,6-8,10-11,17-18H,1-2,5,9,12-14H2,(H,24,26). The molecule has 0 aliphatic carbocycles. The fraction of sp³-hybridized carbons (Fsp3) is 0.429. The summed E-state index contributed by atoms with van der Waals surface area (Å²) in [7, 11) is 0.